The molecular formula is C16H18F13NO. The van der Waals surface area contributed by atoms with Gasteiger partial charge < -0.3 is 4.90 Å². The molecule has 2 nitrogen and oxygen atoms in total. The number of likely N-dealkylation sites (N-methyl/N-ethyl adjacent to an activating group) is 1. The minimum atomic E-state index is -7.89. The van der Waals surface area contributed by atoms with Gasteiger partial charge in [-0.15, -0.1) is 0 Å². The van der Waals surface area contributed by atoms with Crippen molar-refractivity contribution in [2.24, 2.45) is 0 Å². The Labute approximate surface area is 168 Å². The third kappa shape index (κ3) is 5.21. The smallest absolute Gasteiger partial charge is 0.339 e. The van der Waals surface area contributed by atoms with Crippen LogP contribution in [0.4, 0.5) is 57.1 Å². The highest BCUT2D eigenvalue weighted by Crippen LogP contribution is 2.60. The molecule has 15 heteroatoms. The van der Waals surface area contributed by atoms with Crippen LogP contribution < -0.4 is 0 Å². The Kier molecular flexibility index (Phi) is 8.55. The van der Waals surface area contributed by atoms with E-state index >= 15 is 0 Å². The molecule has 0 bridgehead atoms. The van der Waals surface area contributed by atoms with Crippen LogP contribution in [-0.4, -0.2) is 59.7 Å². The summed E-state index contributed by atoms with van der Waals surface area (Å²) in [6, 6.07) is 0. The first kappa shape index (κ1) is 29.3. The fourth-order valence-corrected chi connectivity index (χ4v) is 2.28. The van der Waals surface area contributed by atoms with Gasteiger partial charge in [-0.05, 0) is 26.7 Å². The van der Waals surface area contributed by atoms with E-state index in [0.29, 0.717) is 0 Å². The molecule has 0 fully saturated rings. The number of alkyl halides is 13. The van der Waals surface area contributed by atoms with Crippen molar-refractivity contribution >= 4 is 5.91 Å². The lowest BCUT2D eigenvalue weighted by molar-refractivity contribution is -0.440. The van der Waals surface area contributed by atoms with Gasteiger partial charge in [-0.25, -0.2) is 0 Å². The molecule has 0 aromatic heterocycles. The molecule has 31 heavy (non-hydrogen) atoms. The standard InChI is InChI=1S/C16H18F13NO/c1-4-30(10(31)9(2)3)8-6-5-7-11(17,18)12(19,20)13(21,22)14(23,24)15(25,26)16(27,28)29/h2,4-8H2,1,3H3. The molecular weight excluding hydrogens is 469 g/mol. The molecule has 184 valence electrons. The van der Waals surface area contributed by atoms with E-state index in [0.717, 1.165) is 4.90 Å². The zero-order chi connectivity index (χ0) is 25.3. The van der Waals surface area contributed by atoms with Crippen LogP contribution in [0.25, 0.3) is 0 Å². The van der Waals surface area contributed by atoms with Crippen molar-refractivity contribution in [2.75, 3.05) is 13.1 Å². The topological polar surface area (TPSA) is 20.3 Å². The van der Waals surface area contributed by atoms with Gasteiger partial charge in [0.15, 0.2) is 0 Å². The average Bonchev–Trinajstić information content (AvgIpc) is 2.59. The molecule has 0 radical (unpaired) electrons. The molecule has 0 rings (SSSR count). The lowest BCUT2D eigenvalue weighted by atomic mass is 9.91. The largest absolute Gasteiger partial charge is 0.460 e. The summed E-state index contributed by atoms with van der Waals surface area (Å²) in [4.78, 5) is 12.7. The Hall–Kier alpha value is -1.70. The van der Waals surface area contributed by atoms with E-state index < -0.39 is 61.0 Å². The summed E-state index contributed by atoms with van der Waals surface area (Å²) in [5.41, 5.74) is 0.0196. The van der Waals surface area contributed by atoms with Gasteiger partial charge in [-0.2, -0.15) is 57.1 Å². The number of hydrogen-bond donors (Lipinski definition) is 0. The number of nitrogens with zero attached hydrogens (tertiary/aromatic N) is 1. The van der Waals surface area contributed by atoms with E-state index in [-0.39, 0.29) is 18.7 Å². The second-order valence-corrected chi connectivity index (χ2v) is 6.62. The third-order valence-corrected chi connectivity index (χ3v) is 4.20. The number of rotatable bonds is 11. The SMILES string of the molecule is C=C(C)C(=O)N(CC)CCCCC(F)(F)C(F)(F)C(F)(F)C(F)(F)C(F)(F)C(F)(F)F. The molecule has 1 amide bonds. The molecule has 0 saturated carbocycles. The highest BCUT2D eigenvalue weighted by Gasteiger charge is 2.90. The summed E-state index contributed by atoms with van der Waals surface area (Å²) in [5, 5.41) is 0. The molecule has 0 heterocycles. The third-order valence-electron chi connectivity index (χ3n) is 4.20. The number of carbonyl (C=O) groups is 1. The Morgan fingerprint density at radius 1 is 0.742 bits per heavy atom. The van der Waals surface area contributed by atoms with Crippen LogP contribution >= 0.6 is 0 Å². The van der Waals surface area contributed by atoms with Crippen LogP contribution in [0.1, 0.15) is 33.1 Å². The molecule has 0 aliphatic carbocycles. The molecule has 0 aromatic carbocycles. The Morgan fingerprint density at radius 2 is 1.16 bits per heavy atom. The molecule has 0 unspecified atom stereocenters. The van der Waals surface area contributed by atoms with E-state index in [9.17, 15) is 61.9 Å². The van der Waals surface area contributed by atoms with E-state index in [1.54, 1.807) is 0 Å². The maximum atomic E-state index is 13.6. The molecule has 0 saturated heterocycles. The fraction of sp³-hybridized carbons (Fsp3) is 0.812. The van der Waals surface area contributed by atoms with Gasteiger partial charge in [0.2, 0.25) is 5.91 Å². The van der Waals surface area contributed by atoms with Crippen molar-refractivity contribution in [1.82, 2.24) is 4.90 Å². The molecule has 0 spiro atoms. The number of unbranched alkanes of at least 4 members (excludes halogenated alkanes) is 1. The van der Waals surface area contributed by atoms with Gasteiger partial charge in [-0.1, -0.05) is 6.58 Å². The van der Waals surface area contributed by atoms with Crippen molar-refractivity contribution in [2.45, 2.75) is 68.9 Å². The van der Waals surface area contributed by atoms with E-state index in [1.165, 1.54) is 13.8 Å². The van der Waals surface area contributed by atoms with Gasteiger partial charge in [0, 0.05) is 25.1 Å². The van der Waals surface area contributed by atoms with Gasteiger partial charge in [-0.3, -0.25) is 4.79 Å². The molecule has 0 atom stereocenters. The lowest BCUT2D eigenvalue weighted by Crippen LogP contribution is -2.70. The second kappa shape index (κ2) is 9.04. The Morgan fingerprint density at radius 3 is 1.52 bits per heavy atom. The summed E-state index contributed by atoms with van der Waals surface area (Å²) in [6.07, 6.45) is -11.3. The molecule has 0 aliphatic rings. The van der Waals surface area contributed by atoms with Crippen molar-refractivity contribution in [3.63, 3.8) is 0 Å². The van der Waals surface area contributed by atoms with Crippen molar-refractivity contribution in [3.8, 4) is 0 Å². The predicted octanol–water partition coefficient (Wildman–Crippen LogP) is 6.32. The van der Waals surface area contributed by atoms with Gasteiger partial charge in [0.1, 0.15) is 0 Å². The van der Waals surface area contributed by atoms with E-state index in [4.69, 9.17) is 0 Å². The van der Waals surface area contributed by atoms with Gasteiger partial charge in [0.05, 0.1) is 0 Å². The number of amides is 1. The van der Waals surface area contributed by atoms with Crippen LogP contribution in [-0.2, 0) is 4.79 Å². The molecule has 0 aromatic rings. The quantitative estimate of drug-likeness (QED) is 0.190. The summed E-state index contributed by atoms with van der Waals surface area (Å²) >= 11 is 0. The summed E-state index contributed by atoms with van der Waals surface area (Å²) < 4.78 is 169. The Balaban J connectivity index is 5.55. The highest BCUT2D eigenvalue weighted by atomic mass is 19.4. The van der Waals surface area contributed by atoms with Crippen LogP contribution in [0.2, 0.25) is 0 Å². The van der Waals surface area contributed by atoms with Gasteiger partial charge >= 0.3 is 35.8 Å². The highest BCUT2D eigenvalue weighted by molar-refractivity contribution is 5.92. The minimum absolute atomic E-state index is 0.00899. The van der Waals surface area contributed by atoms with E-state index in [2.05, 4.69) is 6.58 Å². The second-order valence-electron chi connectivity index (χ2n) is 6.62. The summed E-state index contributed by atoms with van der Waals surface area (Å²) in [7, 11) is 0. The number of halogens is 13. The zero-order valence-electron chi connectivity index (χ0n) is 16.0. The number of hydrogen-bond acceptors (Lipinski definition) is 1. The van der Waals surface area contributed by atoms with Crippen LogP contribution in [0.3, 0.4) is 0 Å². The van der Waals surface area contributed by atoms with Crippen molar-refractivity contribution < 1.29 is 61.9 Å². The first-order valence-electron chi connectivity index (χ1n) is 8.43. The van der Waals surface area contributed by atoms with E-state index in [1.807, 2.05) is 0 Å². The fourth-order valence-electron chi connectivity index (χ4n) is 2.28. The number of carbonyl (C=O) groups excluding carboxylic acids is 1. The molecule has 0 N–H and O–H groups in total. The lowest BCUT2D eigenvalue weighted by Gasteiger charge is -2.39. The average molecular weight is 487 g/mol. The first-order chi connectivity index (χ1) is 13.5. The van der Waals surface area contributed by atoms with Crippen LogP contribution in [0, 0.1) is 0 Å². The first-order valence-corrected chi connectivity index (χ1v) is 8.43. The Bertz CT molecular complexity index is 654. The predicted molar refractivity (Wildman–Crippen MR) is 81.7 cm³/mol. The normalized spacial score (nSPS) is 14.5. The monoisotopic (exact) mass is 487 g/mol. The van der Waals surface area contributed by atoms with Crippen molar-refractivity contribution in [1.29, 1.82) is 0 Å². The molecule has 0 aliphatic heterocycles. The zero-order valence-corrected chi connectivity index (χ0v) is 16.0. The van der Waals surface area contributed by atoms with Crippen molar-refractivity contribution in [3.05, 3.63) is 12.2 Å². The maximum Gasteiger partial charge on any atom is 0.460 e. The minimum Gasteiger partial charge on any atom is -0.339 e. The summed E-state index contributed by atoms with van der Waals surface area (Å²) in [5.74, 6) is -37.4. The van der Waals surface area contributed by atoms with Gasteiger partial charge in [0.25, 0.3) is 0 Å². The summed E-state index contributed by atoms with van der Waals surface area (Å²) in [6.45, 7) is 5.68. The maximum absolute atomic E-state index is 13.6. The van der Waals surface area contributed by atoms with Crippen LogP contribution in [0.15, 0.2) is 12.2 Å². The van der Waals surface area contributed by atoms with Crippen LogP contribution in [0.5, 0.6) is 0 Å².